The Kier molecular flexibility index (Phi) is 8.56. The molecule has 1 N–H and O–H groups in total. The summed E-state index contributed by atoms with van der Waals surface area (Å²) in [4.78, 5) is 9.96. The molecule has 0 amide bonds. The molecule has 2 saturated heterocycles. The SMILES string of the molecule is CCNC(=NCCc1ccc2ccccc2c1)N1CCC(N2CCOCC2)C1.I. The maximum atomic E-state index is 5.50. The van der Waals surface area contributed by atoms with E-state index < -0.39 is 0 Å². The molecule has 0 aliphatic carbocycles. The first kappa shape index (κ1) is 22.3. The normalized spacial score (nSPS) is 20.7. The number of fused-ring (bicyclic) bond motifs is 1. The molecule has 2 aliphatic rings. The van der Waals surface area contributed by atoms with Crippen LogP contribution in [0.5, 0.6) is 0 Å². The quantitative estimate of drug-likeness (QED) is 0.382. The molecule has 6 heteroatoms. The van der Waals surface area contributed by atoms with Gasteiger partial charge in [0.1, 0.15) is 0 Å². The topological polar surface area (TPSA) is 40.1 Å². The summed E-state index contributed by atoms with van der Waals surface area (Å²) in [5.41, 5.74) is 1.35. The Morgan fingerprint density at radius 3 is 2.69 bits per heavy atom. The van der Waals surface area contributed by atoms with E-state index in [0.29, 0.717) is 6.04 Å². The van der Waals surface area contributed by atoms with Crippen LogP contribution in [-0.2, 0) is 11.2 Å². The van der Waals surface area contributed by atoms with Gasteiger partial charge in [-0.05, 0) is 36.1 Å². The van der Waals surface area contributed by atoms with Gasteiger partial charge in [0.25, 0.3) is 0 Å². The molecule has 0 aromatic heterocycles. The van der Waals surface area contributed by atoms with E-state index in [9.17, 15) is 0 Å². The number of rotatable bonds is 5. The summed E-state index contributed by atoms with van der Waals surface area (Å²) in [7, 11) is 0. The van der Waals surface area contributed by atoms with Crippen LogP contribution in [0, 0.1) is 0 Å². The Morgan fingerprint density at radius 2 is 1.90 bits per heavy atom. The standard InChI is InChI=1S/C23H32N4O.HI/c1-2-24-23(27-12-10-22(18-27)26-13-15-28-16-14-26)25-11-9-19-7-8-20-5-3-4-6-21(20)17-19;/h3-8,17,22H,2,9-16,18H2,1H3,(H,24,25);1H. The molecule has 1 atom stereocenters. The monoisotopic (exact) mass is 508 g/mol. The van der Waals surface area contributed by atoms with Crippen LogP contribution < -0.4 is 5.32 Å². The van der Waals surface area contributed by atoms with E-state index in [1.807, 2.05) is 0 Å². The number of guanidine groups is 1. The number of hydrogen-bond donors (Lipinski definition) is 1. The summed E-state index contributed by atoms with van der Waals surface area (Å²) < 4.78 is 5.50. The molecule has 5 nitrogen and oxygen atoms in total. The molecule has 0 spiro atoms. The van der Waals surface area contributed by atoms with Gasteiger partial charge in [0.2, 0.25) is 0 Å². The Morgan fingerprint density at radius 1 is 1.10 bits per heavy atom. The van der Waals surface area contributed by atoms with Gasteiger partial charge in [0.15, 0.2) is 5.96 Å². The fourth-order valence-electron chi connectivity index (χ4n) is 4.29. The maximum Gasteiger partial charge on any atom is 0.193 e. The van der Waals surface area contributed by atoms with Crippen molar-refractivity contribution in [2.45, 2.75) is 25.8 Å². The highest BCUT2D eigenvalue weighted by Crippen LogP contribution is 2.18. The number of nitrogens with one attached hydrogen (secondary N) is 1. The van der Waals surface area contributed by atoms with Crippen LogP contribution in [0.2, 0.25) is 0 Å². The van der Waals surface area contributed by atoms with E-state index in [4.69, 9.17) is 9.73 Å². The van der Waals surface area contributed by atoms with E-state index in [2.05, 4.69) is 64.5 Å². The van der Waals surface area contributed by atoms with Crippen molar-refractivity contribution in [3.05, 3.63) is 48.0 Å². The number of likely N-dealkylation sites (tertiary alicyclic amines) is 1. The summed E-state index contributed by atoms with van der Waals surface area (Å²) in [6.45, 7) is 9.90. The lowest BCUT2D eigenvalue weighted by Crippen LogP contribution is -2.46. The summed E-state index contributed by atoms with van der Waals surface area (Å²) in [5, 5.41) is 6.11. The number of benzene rings is 2. The lowest BCUT2D eigenvalue weighted by atomic mass is 10.1. The molecule has 2 aliphatic heterocycles. The molecule has 2 heterocycles. The lowest BCUT2D eigenvalue weighted by molar-refractivity contribution is 0.0195. The molecule has 158 valence electrons. The zero-order valence-electron chi connectivity index (χ0n) is 17.3. The van der Waals surface area contributed by atoms with Crippen molar-refractivity contribution in [1.82, 2.24) is 15.1 Å². The smallest absolute Gasteiger partial charge is 0.193 e. The van der Waals surface area contributed by atoms with E-state index in [1.165, 1.54) is 22.8 Å². The third kappa shape index (κ3) is 5.83. The Balaban J connectivity index is 0.00000240. The van der Waals surface area contributed by atoms with Gasteiger partial charge in [-0.2, -0.15) is 0 Å². The molecule has 0 saturated carbocycles. The van der Waals surface area contributed by atoms with Crippen LogP contribution in [0.15, 0.2) is 47.5 Å². The van der Waals surface area contributed by atoms with Crippen LogP contribution in [0.25, 0.3) is 10.8 Å². The van der Waals surface area contributed by atoms with Crippen LogP contribution in [-0.4, -0.2) is 74.3 Å². The van der Waals surface area contributed by atoms with Gasteiger partial charge in [0, 0.05) is 45.3 Å². The van der Waals surface area contributed by atoms with Crippen molar-refractivity contribution in [3.63, 3.8) is 0 Å². The van der Waals surface area contributed by atoms with E-state index in [0.717, 1.165) is 64.9 Å². The predicted octanol–water partition coefficient (Wildman–Crippen LogP) is 3.37. The second-order valence-corrected chi connectivity index (χ2v) is 7.70. The van der Waals surface area contributed by atoms with Gasteiger partial charge < -0.3 is 15.0 Å². The number of hydrogen-bond acceptors (Lipinski definition) is 3. The summed E-state index contributed by atoms with van der Waals surface area (Å²) in [5.74, 6) is 1.07. The molecular weight excluding hydrogens is 475 g/mol. The molecule has 2 fully saturated rings. The van der Waals surface area contributed by atoms with Gasteiger partial charge in [-0.15, -0.1) is 24.0 Å². The van der Waals surface area contributed by atoms with Crippen LogP contribution in [0.4, 0.5) is 0 Å². The first-order chi connectivity index (χ1) is 13.8. The largest absolute Gasteiger partial charge is 0.379 e. The maximum absolute atomic E-state index is 5.50. The second kappa shape index (κ2) is 11.1. The zero-order chi connectivity index (χ0) is 19.2. The van der Waals surface area contributed by atoms with Crippen molar-refractivity contribution in [2.24, 2.45) is 4.99 Å². The van der Waals surface area contributed by atoms with E-state index >= 15 is 0 Å². The highest BCUT2D eigenvalue weighted by atomic mass is 127. The van der Waals surface area contributed by atoms with Crippen LogP contribution in [0.3, 0.4) is 0 Å². The second-order valence-electron chi connectivity index (χ2n) is 7.70. The van der Waals surface area contributed by atoms with E-state index in [-0.39, 0.29) is 24.0 Å². The molecule has 0 radical (unpaired) electrons. The van der Waals surface area contributed by atoms with Gasteiger partial charge in [-0.3, -0.25) is 9.89 Å². The highest BCUT2D eigenvalue weighted by molar-refractivity contribution is 14.0. The number of nitrogens with zero attached hydrogens (tertiary/aromatic N) is 3. The van der Waals surface area contributed by atoms with Gasteiger partial charge in [0.05, 0.1) is 13.2 Å². The molecule has 2 aromatic carbocycles. The molecule has 2 aromatic rings. The molecular formula is C23H33IN4O. The van der Waals surface area contributed by atoms with Gasteiger partial charge in [-0.25, -0.2) is 0 Å². The van der Waals surface area contributed by atoms with E-state index in [1.54, 1.807) is 0 Å². The Labute approximate surface area is 191 Å². The highest BCUT2D eigenvalue weighted by Gasteiger charge is 2.30. The summed E-state index contributed by atoms with van der Waals surface area (Å²) >= 11 is 0. The fourth-order valence-corrected chi connectivity index (χ4v) is 4.29. The van der Waals surface area contributed by atoms with Crippen molar-refractivity contribution in [2.75, 3.05) is 52.5 Å². The minimum atomic E-state index is 0. The number of ether oxygens (including phenoxy) is 1. The minimum absolute atomic E-state index is 0. The predicted molar refractivity (Wildman–Crippen MR) is 131 cm³/mol. The van der Waals surface area contributed by atoms with Gasteiger partial charge >= 0.3 is 0 Å². The summed E-state index contributed by atoms with van der Waals surface area (Å²) in [6, 6.07) is 15.9. The first-order valence-electron chi connectivity index (χ1n) is 10.7. The average molecular weight is 508 g/mol. The van der Waals surface area contributed by atoms with Crippen molar-refractivity contribution in [3.8, 4) is 0 Å². The van der Waals surface area contributed by atoms with Crippen molar-refractivity contribution >= 4 is 40.7 Å². The first-order valence-corrected chi connectivity index (χ1v) is 10.7. The molecule has 4 rings (SSSR count). The number of halogens is 1. The van der Waals surface area contributed by atoms with Gasteiger partial charge in [-0.1, -0.05) is 42.5 Å². The third-order valence-corrected chi connectivity index (χ3v) is 5.84. The fraction of sp³-hybridized carbons (Fsp3) is 0.522. The average Bonchev–Trinajstić information content (AvgIpc) is 3.24. The molecule has 29 heavy (non-hydrogen) atoms. The molecule has 0 bridgehead atoms. The zero-order valence-corrected chi connectivity index (χ0v) is 19.7. The minimum Gasteiger partial charge on any atom is -0.379 e. The number of morpholine rings is 1. The van der Waals surface area contributed by atoms with Crippen molar-refractivity contribution < 1.29 is 4.74 Å². The summed E-state index contributed by atoms with van der Waals surface area (Å²) in [6.07, 6.45) is 2.19. The molecule has 1 unspecified atom stereocenters. The van der Waals surface area contributed by atoms with Crippen LogP contribution in [0.1, 0.15) is 18.9 Å². The lowest BCUT2D eigenvalue weighted by Gasteiger charge is -2.32. The third-order valence-electron chi connectivity index (χ3n) is 5.84. The Hall–Kier alpha value is -1.38. The van der Waals surface area contributed by atoms with Crippen LogP contribution >= 0.6 is 24.0 Å². The number of aliphatic imine (C=N–C) groups is 1. The Bertz CT molecular complexity index is 806. The van der Waals surface area contributed by atoms with Crippen molar-refractivity contribution in [1.29, 1.82) is 0 Å².